The summed E-state index contributed by atoms with van der Waals surface area (Å²) in [7, 11) is 0. The number of hydrogen-bond donors (Lipinski definition) is 1. The molecule has 1 aliphatic carbocycles. The Morgan fingerprint density at radius 1 is 1.15 bits per heavy atom. The van der Waals surface area contributed by atoms with Gasteiger partial charge in [0.2, 0.25) is 0 Å². The third-order valence-corrected chi connectivity index (χ3v) is 5.09. The van der Waals surface area contributed by atoms with Crippen LogP contribution in [0.1, 0.15) is 65.7 Å². The lowest BCUT2D eigenvalue weighted by molar-refractivity contribution is 0.124. The standard InChI is InChI=1S/C18H30O2/c1-14-7-4-8-15(2)10-6-12-17-18(13-19,20-17)16(3)11-5-9-14/h8-9,16-17,19H,4-7,10-13H2,1-3H3/b14-9+,15-8+/t16-,17-,18+/m0/s1. The second-order valence-electron chi connectivity index (χ2n) is 6.73. The molecule has 0 aromatic rings. The quantitative estimate of drug-likeness (QED) is 0.570. The molecule has 1 N–H and O–H groups in total. The number of aliphatic hydroxyl groups is 1. The van der Waals surface area contributed by atoms with Gasteiger partial charge in [0.15, 0.2) is 0 Å². The van der Waals surface area contributed by atoms with Crippen molar-refractivity contribution in [2.24, 2.45) is 5.92 Å². The highest BCUT2D eigenvalue weighted by atomic mass is 16.6. The third kappa shape index (κ3) is 3.73. The lowest BCUT2D eigenvalue weighted by atomic mass is 9.85. The number of rotatable bonds is 1. The van der Waals surface area contributed by atoms with Crippen molar-refractivity contribution in [1.82, 2.24) is 0 Å². The lowest BCUT2D eigenvalue weighted by Crippen LogP contribution is -2.29. The number of fused-ring (bicyclic) bond motifs is 1. The molecule has 0 aromatic heterocycles. The minimum Gasteiger partial charge on any atom is -0.393 e. The van der Waals surface area contributed by atoms with Gasteiger partial charge in [-0.3, -0.25) is 0 Å². The van der Waals surface area contributed by atoms with E-state index >= 15 is 0 Å². The molecule has 1 saturated heterocycles. The molecule has 20 heavy (non-hydrogen) atoms. The van der Waals surface area contributed by atoms with E-state index in [1.165, 1.54) is 36.8 Å². The molecular weight excluding hydrogens is 248 g/mol. The highest BCUT2D eigenvalue weighted by Gasteiger charge is 2.58. The van der Waals surface area contributed by atoms with Gasteiger partial charge >= 0.3 is 0 Å². The summed E-state index contributed by atoms with van der Waals surface area (Å²) < 4.78 is 5.91. The van der Waals surface area contributed by atoms with Gasteiger partial charge in [0.1, 0.15) is 5.60 Å². The van der Waals surface area contributed by atoms with Gasteiger partial charge in [0.05, 0.1) is 12.7 Å². The maximum Gasteiger partial charge on any atom is 0.120 e. The average Bonchev–Trinajstić information content (AvgIpc) is 3.13. The van der Waals surface area contributed by atoms with Crippen LogP contribution in [0.4, 0.5) is 0 Å². The molecule has 3 atom stereocenters. The summed E-state index contributed by atoms with van der Waals surface area (Å²) in [5.41, 5.74) is 2.76. The third-order valence-electron chi connectivity index (χ3n) is 5.09. The highest BCUT2D eigenvalue weighted by Crippen LogP contribution is 2.47. The molecule has 2 rings (SSSR count). The van der Waals surface area contributed by atoms with Crippen molar-refractivity contribution in [2.75, 3.05) is 6.61 Å². The normalized spacial score (nSPS) is 41.6. The van der Waals surface area contributed by atoms with Crippen molar-refractivity contribution in [3.63, 3.8) is 0 Å². The first kappa shape index (κ1) is 15.8. The zero-order valence-electron chi connectivity index (χ0n) is 13.3. The predicted molar refractivity (Wildman–Crippen MR) is 83.7 cm³/mol. The topological polar surface area (TPSA) is 32.8 Å². The molecule has 0 unspecified atom stereocenters. The maximum atomic E-state index is 9.72. The minimum atomic E-state index is -0.233. The van der Waals surface area contributed by atoms with Gasteiger partial charge < -0.3 is 9.84 Å². The number of hydrogen-bond acceptors (Lipinski definition) is 2. The SMILES string of the molecule is C/C1=C\CC[C@H](C)[C@@]2(CO)O[C@H]2CCC/C(C)=C/CC1. The van der Waals surface area contributed by atoms with Crippen LogP contribution in [-0.2, 0) is 4.74 Å². The summed E-state index contributed by atoms with van der Waals surface area (Å²) in [6.45, 7) is 6.88. The van der Waals surface area contributed by atoms with Crippen LogP contribution in [0.2, 0.25) is 0 Å². The molecule has 1 aliphatic heterocycles. The molecule has 114 valence electrons. The Labute approximate surface area is 123 Å². The van der Waals surface area contributed by atoms with Crippen molar-refractivity contribution in [2.45, 2.75) is 77.4 Å². The zero-order chi connectivity index (χ0) is 14.6. The molecule has 2 heteroatoms. The number of aliphatic hydroxyl groups excluding tert-OH is 1. The van der Waals surface area contributed by atoms with E-state index in [1.807, 2.05) is 0 Å². The van der Waals surface area contributed by atoms with Gasteiger partial charge in [0.25, 0.3) is 0 Å². The van der Waals surface area contributed by atoms with Crippen molar-refractivity contribution < 1.29 is 9.84 Å². The minimum absolute atomic E-state index is 0.177. The fourth-order valence-corrected chi connectivity index (χ4v) is 3.40. The van der Waals surface area contributed by atoms with Crippen LogP contribution in [-0.4, -0.2) is 23.4 Å². The van der Waals surface area contributed by atoms with Crippen LogP contribution in [0.25, 0.3) is 0 Å². The Bertz CT molecular complexity index is 383. The van der Waals surface area contributed by atoms with Crippen LogP contribution in [0, 0.1) is 5.92 Å². The summed E-state index contributed by atoms with van der Waals surface area (Å²) in [4.78, 5) is 0. The molecule has 1 heterocycles. The molecule has 0 radical (unpaired) electrons. The number of epoxide rings is 1. The average molecular weight is 278 g/mol. The Balaban J connectivity index is 2.02. The van der Waals surface area contributed by atoms with Crippen LogP contribution in [0.3, 0.4) is 0 Å². The van der Waals surface area contributed by atoms with Gasteiger partial charge in [-0.2, -0.15) is 0 Å². The molecule has 0 amide bonds. The molecule has 0 bridgehead atoms. The van der Waals surface area contributed by atoms with Gasteiger partial charge in [-0.05, 0) is 64.7 Å². The van der Waals surface area contributed by atoms with E-state index in [0.29, 0.717) is 5.92 Å². The van der Waals surface area contributed by atoms with Crippen LogP contribution >= 0.6 is 0 Å². The predicted octanol–water partition coefficient (Wildman–Crippen LogP) is 4.39. The Hall–Kier alpha value is -0.600. The Kier molecular flexibility index (Phi) is 5.45. The Morgan fingerprint density at radius 2 is 1.85 bits per heavy atom. The smallest absolute Gasteiger partial charge is 0.120 e. The largest absolute Gasteiger partial charge is 0.393 e. The zero-order valence-corrected chi connectivity index (χ0v) is 13.3. The molecule has 2 nitrogen and oxygen atoms in total. The first-order valence-electron chi connectivity index (χ1n) is 8.18. The van der Waals surface area contributed by atoms with E-state index in [-0.39, 0.29) is 18.3 Å². The summed E-state index contributed by atoms with van der Waals surface area (Å²) >= 11 is 0. The van der Waals surface area contributed by atoms with Crippen LogP contribution in [0.15, 0.2) is 23.3 Å². The van der Waals surface area contributed by atoms with Gasteiger partial charge in [0, 0.05) is 0 Å². The Morgan fingerprint density at radius 3 is 2.60 bits per heavy atom. The van der Waals surface area contributed by atoms with Crippen LogP contribution in [0.5, 0.6) is 0 Å². The van der Waals surface area contributed by atoms with Gasteiger partial charge in [-0.1, -0.05) is 30.2 Å². The van der Waals surface area contributed by atoms with E-state index < -0.39 is 0 Å². The molecule has 0 spiro atoms. The van der Waals surface area contributed by atoms with Gasteiger partial charge in [-0.25, -0.2) is 0 Å². The van der Waals surface area contributed by atoms with E-state index in [1.54, 1.807) is 0 Å². The second-order valence-corrected chi connectivity index (χ2v) is 6.73. The van der Waals surface area contributed by atoms with Crippen molar-refractivity contribution in [3.05, 3.63) is 23.3 Å². The second kappa shape index (κ2) is 6.91. The molecular formula is C18H30O2. The fraction of sp³-hybridized carbons (Fsp3) is 0.778. The molecule has 1 fully saturated rings. The van der Waals surface area contributed by atoms with Crippen molar-refractivity contribution in [1.29, 1.82) is 0 Å². The van der Waals surface area contributed by atoms with E-state index in [4.69, 9.17) is 4.74 Å². The summed E-state index contributed by atoms with van der Waals surface area (Å²) in [6.07, 6.45) is 13.0. The fourth-order valence-electron chi connectivity index (χ4n) is 3.40. The summed E-state index contributed by atoms with van der Waals surface area (Å²) in [6, 6.07) is 0. The van der Waals surface area contributed by atoms with E-state index in [2.05, 4.69) is 32.9 Å². The summed E-state index contributed by atoms with van der Waals surface area (Å²) in [5.74, 6) is 0.445. The summed E-state index contributed by atoms with van der Waals surface area (Å²) in [5, 5.41) is 9.72. The molecule has 0 saturated carbocycles. The molecule has 2 aliphatic rings. The monoisotopic (exact) mass is 278 g/mol. The van der Waals surface area contributed by atoms with Crippen molar-refractivity contribution >= 4 is 0 Å². The number of ether oxygens (including phenoxy) is 1. The first-order valence-corrected chi connectivity index (χ1v) is 8.18. The van der Waals surface area contributed by atoms with Gasteiger partial charge in [-0.15, -0.1) is 0 Å². The van der Waals surface area contributed by atoms with Crippen molar-refractivity contribution in [3.8, 4) is 0 Å². The number of allylic oxidation sites excluding steroid dienone is 4. The van der Waals surface area contributed by atoms with E-state index in [0.717, 1.165) is 19.3 Å². The highest BCUT2D eigenvalue weighted by molar-refractivity contribution is 5.09. The first-order chi connectivity index (χ1) is 9.58. The molecule has 0 aromatic carbocycles. The van der Waals surface area contributed by atoms with Crippen LogP contribution < -0.4 is 0 Å². The maximum absolute atomic E-state index is 9.72. The lowest BCUT2D eigenvalue weighted by Gasteiger charge is -2.18. The van der Waals surface area contributed by atoms with E-state index in [9.17, 15) is 5.11 Å².